The van der Waals surface area contributed by atoms with Gasteiger partial charge in [0, 0.05) is 20.3 Å². The van der Waals surface area contributed by atoms with Crippen molar-refractivity contribution in [2.45, 2.75) is 32.2 Å². The molecule has 0 saturated heterocycles. The van der Waals surface area contributed by atoms with Crippen molar-refractivity contribution in [2.24, 2.45) is 0 Å². The molecule has 0 bridgehead atoms. The largest absolute Gasteiger partial charge is 0.480 e. The molecule has 0 aliphatic carbocycles. The molecule has 1 atom stereocenters. The Morgan fingerprint density at radius 1 is 1.57 bits per heavy atom. The predicted molar refractivity (Wildman–Crippen MR) is 55.5 cm³/mol. The van der Waals surface area contributed by atoms with E-state index in [1.807, 2.05) is 18.9 Å². The summed E-state index contributed by atoms with van der Waals surface area (Å²) in [6.45, 7) is 3.45. The number of ether oxygens (including phenoxy) is 1. The lowest BCUT2D eigenvalue weighted by atomic mass is 10.1. The summed E-state index contributed by atoms with van der Waals surface area (Å²) in [4.78, 5) is 12.8. The molecule has 4 heteroatoms. The van der Waals surface area contributed by atoms with Gasteiger partial charge in [-0.3, -0.25) is 9.69 Å². The van der Waals surface area contributed by atoms with Crippen molar-refractivity contribution in [1.82, 2.24) is 4.90 Å². The third kappa shape index (κ3) is 5.19. The Morgan fingerprint density at radius 2 is 2.21 bits per heavy atom. The van der Waals surface area contributed by atoms with Gasteiger partial charge in [-0.25, -0.2) is 0 Å². The molecule has 0 saturated carbocycles. The molecule has 1 N–H and O–H groups in total. The number of likely N-dealkylation sites (N-methyl/N-ethyl adjacent to an activating group) is 1. The fourth-order valence-electron chi connectivity index (χ4n) is 1.42. The lowest BCUT2D eigenvalue weighted by Gasteiger charge is -2.23. The quantitative estimate of drug-likeness (QED) is 0.602. The summed E-state index contributed by atoms with van der Waals surface area (Å²) in [6.07, 6.45) is 2.48. The Morgan fingerprint density at radius 3 is 2.64 bits per heavy atom. The topological polar surface area (TPSA) is 49.8 Å². The lowest BCUT2D eigenvalue weighted by molar-refractivity contribution is -0.143. The molecule has 0 spiro atoms. The van der Waals surface area contributed by atoms with Crippen molar-refractivity contribution in [2.75, 3.05) is 27.3 Å². The Balaban J connectivity index is 3.88. The van der Waals surface area contributed by atoms with Crippen LogP contribution in [0.2, 0.25) is 0 Å². The van der Waals surface area contributed by atoms with Gasteiger partial charge in [-0.2, -0.15) is 0 Å². The van der Waals surface area contributed by atoms with Crippen molar-refractivity contribution in [1.29, 1.82) is 0 Å². The van der Waals surface area contributed by atoms with Crippen LogP contribution in [0.5, 0.6) is 0 Å². The first-order chi connectivity index (χ1) is 6.63. The summed E-state index contributed by atoms with van der Waals surface area (Å²) in [5.41, 5.74) is 0. The predicted octanol–water partition coefficient (Wildman–Crippen LogP) is 1.21. The maximum Gasteiger partial charge on any atom is 0.320 e. The van der Waals surface area contributed by atoms with Crippen molar-refractivity contribution in [3.05, 3.63) is 0 Å². The number of carboxylic acids is 1. The van der Waals surface area contributed by atoms with E-state index in [-0.39, 0.29) is 6.04 Å². The molecule has 0 aliphatic heterocycles. The highest BCUT2D eigenvalue weighted by atomic mass is 16.5. The number of aliphatic carboxylic acids is 1. The summed E-state index contributed by atoms with van der Waals surface area (Å²) >= 11 is 0. The highest BCUT2D eigenvalue weighted by Gasteiger charge is 2.20. The van der Waals surface area contributed by atoms with E-state index in [0.717, 1.165) is 19.4 Å². The summed E-state index contributed by atoms with van der Waals surface area (Å²) < 4.78 is 4.92. The monoisotopic (exact) mass is 203 g/mol. The van der Waals surface area contributed by atoms with Gasteiger partial charge in [0.25, 0.3) is 0 Å². The standard InChI is InChI=1S/C10H21NO3/c1-4-6-9(10(12)13)11(2)7-5-8-14-3/h9H,4-8H2,1-3H3,(H,12,13). The first-order valence-electron chi connectivity index (χ1n) is 5.05. The number of methoxy groups -OCH3 is 1. The second kappa shape index (κ2) is 7.76. The maximum atomic E-state index is 10.9. The molecule has 84 valence electrons. The van der Waals surface area contributed by atoms with Crippen LogP contribution < -0.4 is 0 Å². The van der Waals surface area contributed by atoms with E-state index in [2.05, 4.69) is 0 Å². The molecule has 0 amide bonds. The van der Waals surface area contributed by atoms with Crippen molar-refractivity contribution < 1.29 is 14.6 Å². The SMILES string of the molecule is CCCC(C(=O)O)N(C)CCCOC. The smallest absolute Gasteiger partial charge is 0.320 e. The van der Waals surface area contributed by atoms with E-state index in [1.54, 1.807) is 7.11 Å². The van der Waals surface area contributed by atoms with Gasteiger partial charge in [0.15, 0.2) is 0 Å². The van der Waals surface area contributed by atoms with Crippen LogP contribution in [0.15, 0.2) is 0 Å². The minimum absolute atomic E-state index is 0.350. The molecule has 0 aliphatic rings. The molecule has 4 nitrogen and oxygen atoms in total. The molecule has 0 radical (unpaired) electrons. The van der Waals surface area contributed by atoms with Crippen molar-refractivity contribution in [3.8, 4) is 0 Å². The zero-order valence-corrected chi connectivity index (χ0v) is 9.32. The lowest BCUT2D eigenvalue weighted by Crippen LogP contribution is -2.39. The van der Waals surface area contributed by atoms with Crippen LogP contribution in [0.25, 0.3) is 0 Å². The normalized spacial score (nSPS) is 13.1. The molecule has 0 aromatic heterocycles. The van der Waals surface area contributed by atoms with E-state index in [4.69, 9.17) is 9.84 Å². The van der Waals surface area contributed by atoms with Gasteiger partial charge >= 0.3 is 5.97 Å². The molecule has 0 fully saturated rings. The van der Waals surface area contributed by atoms with Crippen LogP contribution in [0.3, 0.4) is 0 Å². The molecule has 1 unspecified atom stereocenters. The number of carboxylic acid groups (broad SMARTS) is 1. The highest BCUT2D eigenvalue weighted by molar-refractivity contribution is 5.73. The molecular weight excluding hydrogens is 182 g/mol. The summed E-state index contributed by atoms with van der Waals surface area (Å²) in [6, 6.07) is -0.350. The van der Waals surface area contributed by atoms with Gasteiger partial charge in [0.2, 0.25) is 0 Å². The Hall–Kier alpha value is -0.610. The van der Waals surface area contributed by atoms with Gasteiger partial charge in [-0.05, 0) is 19.9 Å². The number of hydrogen-bond acceptors (Lipinski definition) is 3. The average Bonchev–Trinajstić information content (AvgIpc) is 2.13. The fraction of sp³-hybridized carbons (Fsp3) is 0.900. The van der Waals surface area contributed by atoms with Crippen LogP contribution in [-0.2, 0) is 9.53 Å². The maximum absolute atomic E-state index is 10.9. The number of rotatable bonds is 8. The summed E-state index contributed by atoms with van der Waals surface area (Å²) in [7, 11) is 3.50. The zero-order chi connectivity index (χ0) is 11.0. The van der Waals surface area contributed by atoms with E-state index >= 15 is 0 Å². The summed E-state index contributed by atoms with van der Waals surface area (Å²) in [5.74, 6) is -0.730. The number of hydrogen-bond donors (Lipinski definition) is 1. The zero-order valence-electron chi connectivity index (χ0n) is 9.32. The van der Waals surface area contributed by atoms with E-state index in [9.17, 15) is 4.79 Å². The van der Waals surface area contributed by atoms with Gasteiger partial charge < -0.3 is 9.84 Å². The van der Waals surface area contributed by atoms with Crippen molar-refractivity contribution in [3.63, 3.8) is 0 Å². The minimum Gasteiger partial charge on any atom is -0.480 e. The first kappa shape index (κ1) is 13.4. The Bertz CT molecular complexity index is 161. The third-order valence-corrected chi connectivity index (χ3v) is 2.24. The first-order valence-corrected chi connectivity index (χ1v) is 5.05. The molecule has 0 heterocycles. The van der Waals surface area contributed by atoms with E-state index in [1.165, 1.54) is 0 Å². The van der Waals surface area contributed by atoms with Gasteiger partial charge in [0.05, 0.1) is 0 Å². The van der Waals surface area contributed by atoms with Crippen molar-refractivity contribution >= 4 is 5.97 Å². The Labute approximate surface area is 85.9 Å². The van der Waals surface area contributed by atoms with E-state index in [0.29, 0.717) is 13.0 Å². The fourth-order valence-corrected chi connectivity index (χ4v) is 1.42. The second-order valence-electron chi connectivity index (χ2n) is 3.47. The van der Waals surface area contributed by atoms with Crippen LogP contribution in [0.1, 0.15) is 26.2 Å². The third-order valence-electron chi connectivity index (χ3n) is 2.24. The minimum atomic E-state index is -0.730. The van der Waals surface area contributed by atoms with Crippen LogP contribution in [0, 0.1) is 0 Å². The molecule has 0 aromatic carbocycles. The van der Waals surface area contributed by atoms with Crippen LogP contribution in [0.4, 0.5) is 0 Å². The number of nitrogens with zero attached hydrogens (tertiary/aromatic N) is 1. The van der Waals surface area contributed by atoms with Crippen LogP contribution in [-0.4, -0.2) is 49.3 Å². The van der Waals surface area contributed by atoms with Crippen LogP contribution >= 0.6 is 0 Å². The van der Waals surface area contributed by atoms with Gasteiger partial charge in [-0.15, -0.1) is 0 Å². The summed E-state index contributed by atoms with van der Waals surface area (Å²) in [5, 5.41) is 8.96. The second-order valence-corrected chi connectivity index (χ2v) is 3.47. The van der Waals surface area contributed by atoms with Gasteiger partial charge in [0.1, 0.15) is 6.04 Å². The van der Waals surface area contributed by atoms with E-state index < -0.39 is 5.97 Å². The highest BCUT2D eigenvalue weighted by Crippen LogP contribution is 2.05. The molecule has 0 aromatic rings. The molecular formula is C10H21NO3. The number of carbonyl (C=O) groups is 1. The molecule has 0 rings (SSSR count). The average molecular weight is 203 g/mol. The Kier molecular flexibility index (Phi) is 7.42. The molecule has 14 heavy (non-hydrogen) atoms. The van der Waals surface area contributed by atoms with Gasteiger partial charge in [-0.1, -0.05) is 13.3 Å².